The van der Waals surface area contributed by atoms with Crippen molar-refractivity contribution in [3.8, 4) is 0 Å². The lowest BCUT2D eigenvalue weighted by atomic mass is 9.84. The average molecular weight is 197 g/mol. The van der Waals surface area contributed by atoms with Crippen molar-refractivity contribution in [3.05, 3.63) is 0 Å². The van der Waals surface area contributed by atoms with Crippen molar-refractivity contribution in [1.82, 2.24) is 4.90 Å². The number of guanidine groups is 1. The summed E-state index contributed by atoms with van der Waals surface area (Å²) in [5.41, 5.74) is 5.60. The molecule has 0 aromatic heterocycles. The standard InChI is InChI=1S/C10H19N3O/c11-10(12)13-5-6-14-7-8-3-1-2-4-9(8)13/h8-9H,1-7H2,(H3,11,12). The molecule has 0 amide bonds. The molecule has 2 unspecified atom stereocenters. The molecule has 4 heteroatoms. The maximum absolute atomic E-state index is 7.56. The molecule has 14 heavy (non-hydrogen) atoms. The molecule has 4 nitrogen and oxygen atoms in total. The topological polar surface area (TPSA) is 62.3 Å². The summed E-state index contributed by atoms with van der Waals surface area (Å²) in [5, 5.41) is 7.56. The predicted molar refractivity (Wildman–Crippen MR) is 55.2 cm³/mol. The van der Waals surface area contributed by atoms with Gasteiger partial charge in [-0.3, -0.25) is 5.41 Å². The lowest BCUT2D eigenvalue weighted by Gasteiger charge is -2.37. The van der Waals surface area contributed by atoms with E-state index in [0.717, 1.165) is 13.2 Å². The Morgan fingerprint density at radius 2 is 2.14 bits per heavy atom. The fourth-order valence-corrected chi connectivity index (χ4v) is 2.66. The average Bonchev–Trinajstić information content (AvgIpc) is 2.39. The van der Waals surface area contributed by atoms with Gasteiger partial charge in [0.25, 0.3) is 0 Å². The molecule has 80 valence electrons. The number of hydrogen-bond donors (Lipinski definition) is 2. The van der Waals surface area contributed by atoms with Gasteiger partial charge >= 0.3 is 0 Å². The van der Waals surface area contributed by atoms with Crippen molar-refractivity contribution < 1.29 is 4.74 Å². The molecule has 2 atom stereocenters. The Labute approximate surface area is 84.9 Å². The summed E-state index contributed by atoms with van der Waals surface area (Å²) >= 11 is 0. The Kier molecular flexibility index (Phi) is 2.91. The third-order valence-corrected chi connectivity index (χ3v) is 3.39. The number of nitrogens with two attached hydrogens (primary N) is 1. The molecule has 1 saturated heterocycles. The lowest BCUT2D eigenvalue weighted by Crippen LogP contribution is -2.48. The normalized spacial score (nSPS) is 33.3. The Morgan fingerprint density at radius 3 is 2.93 bits per heavy atom. The first kappa shape index (κ1) is 9.77. The van der Waals surface area contributed by atoms with Gasteiger partial charge in [0, 0.05) is 18.5 Å². The van der Waals surface area contributed by atoms with Gasteiger partial charge in [0.2, 0.25) is 0 Å². The summed E-state index contributed by atoms with van der Waals surface area (Å²) in [6, 6.07) is 0.462. The van der Waals surface area contributed by atoms with Gasteiger partial charge in [-0.05, 0) is 12.8 Å². The van der Waals surface area contributed by atoms with Crippen LogP contribution in [0.5, 0.6) is 0 Å². The van der Waals surface area contributed by atoms with Crippen LogP contribution in [0.3, 0.4) is 0 Å². The smallest absolute Gasteiger partial charge is 0.188 e. The van der Waals surface area contributed by atoms with E-state index in [1.54, 1.807) is 0 Å². The van der Waals surface area contributed by atoms with Crippen LogP contribution < -0.4 is 5.73 Å². The van der Waals surface area contributed by atoms with Gasteiger partial charge in [-0.15, -0.1) is 0 Å². The molecule has 2 fully saturated rings. The summed E-state index contributed by atoms with van der Waals surface area (Å²) in [4.78, 5) is 2.02. The molecular formula is C10H19N3O. The fraction of sp³-hybridized carbons (Fsp3) is 0.900. The minimum Gasteiger partial charge on any atom is -0.379 e. The van der Waals surface area contributed by atoms with Crippen LogP contribution in [-0.2, 0) is 4.74 Å². The van der Waals surface area contributed by atoms with Crippen molar-refractivity contribution in [1.29, 1.82) is 5.41 Å². The zero-order chi connectivity index (χ0) is 9.97. The van der Waals surface area contributed by atoms with Gasteiger partial charge in [-0.1, -0.05) is 12.8 Å². The van der Waals surface area contributed by atoms with Crippen molar-refractivity contribution in [2.24, 2.45) is 11.7 Å². The number of nitrogens with one attached hydrogen (secondary N) is 1. The highest BCUT2D eigenvalue weighted by Crippen LogP contribution is 2.29. The number of fused-ring (bicyclic) bond motifs is 1. The molecule has 1 aliphatic heterocycles. The highest BCUT2D eigenvalue weighted by atomic mass is 16.5. The number of nitrogens with zero attached hydrogens (tertiary/aromatic N) is 1. The van der Waals surface area contributed by atoms with Gasteiger partial charge in [-0.2, -0.15) is 0 Å². The molecule has 3 N–H and O–H groups in total. The molecular weight excluding hydrogens is 178 g/mol. The quantitative estimate of drug-likeness (QED) is 0.445. The van der Waals surface area contributed by atoms with E-state index in [1.807, 2.05) is 4.90 Å². The zero-order valence-corrected chi connectivity index (χ0v) is 8.54. The maximum Gasteiger partial charge on any atom is 0.188 e. The number of rotatable bonds is 0. The zero-order valence-electron chi connectivity index (χ0n) is 8.54. The minimum atomic E-state index is 0.215. The molecule has 0 spiro atoms. The summed E-state index contributed by atoms with van der Waals surface area (Å²) in [5.74, 6) is 0.808. The Balaban J connectivity index is 2.10. The fourth-order valence-electron chi connectivity index (χ4n) is 2.66. The molecule has 1 heterocycles. The second kappa shape index (κ2) is 4.17. The largest absolute Gasteiger partial charge is 0.379 e. The molecule has 1 saturated carbocycles. The van der Waals surface area contributed by atoms with Crippen molar-refractivity contribution in [2.45, 2.75) is 31.7 Å². The number of hydrogen-bond acceptors (Lipinski definition) is 2. The summed E-state index contributed by atoms with van der Waals surface area (Å²) < 4.78 is 5.55. The highest BCUT2D eigenvalue weighted by molar-refractivity contribution is 5.75. The van der Waals surface area contributed by atoms with E-state index in [9.17, 15) is 0 Å². The summed E-state index contributed by atoms with van der Waals surface area (Å²) in [6.07, 6.45) is 4.98. The van der Waals surface area contributed by atoms with Crippen molar-refractivity contribution >= 4 is 5.96 Å². The van der Waals surface area contributed by atoms with Crippen LogP contribution in [0.15, 0.2) is 0 Å². The van der Waals surface area contributed by atoms with E-state index < -0.39 is 0 Å². The molecule has 0 aromatic rings. The van der Waals surface area contributed by atoms with Crippen LogP contribution >= 0.6 is 0 Å². The Hall–Kier alpha value is -0.770. The second-order valence-electron chi connectivity index (χ2n) is 4.27. The van der Waals surface area contributed by atoms with Crippen LogP contribution in [0.1, 0.15) is 25.7 Å². The van der Waals surface area contributed by atoms with E-state index in [2.05, 4.69) is 0 Å². The van der Waals surface area contributed by atoms with Crippen LogP contribution in [0.25, 0.3) is 0 Å². The first-order chi connectivity index (χ1) is 6.79. The van der Waals surface area contributed by atoms with Gasteiger partial charge in [0.15, 0.2) is 5.96 Å². The van der Waals surface area contributed by atoms with E-state index in [1.165, 1.54) is 25.7 Å². The lowest BCUT2D eigenvalue weighted by molar-refractivity contribution is 0.101. The third-order valence-electron chi connectivity index (χ3n) is 3.39. The van der Waals surface area contributed by atoms with Crippen LogP contribution in [0.2, 0.25) is 0 Å². The van der Waals surface area contributed by atoms with E-state index in [0.29, 0.717) is 18.6 Å². The Bertz CT molecular complexity index is 219. The van der Waals surface area contributed by atoms with Crippen molar-refractivity contribution in [3.63, 3.8) is 0 Å². The highest BCUT2D eigenvalue weighted by Gasteiger charge is 2.32. The van der Waals surface area contributed by atoms with Crippen LogP contribution in [0.4, 0.5) is 0 Å². The second-order valence-corrected chi connectivity index (χ2v) is 4.27. The van der Waals surface area contributed by atoms with Crippen molar-refractivity contribution in [2.75, 3.05) is 19.8 Å². The van der Waals surface area contributed by atoms with E-state index in [4.69, 9.17) is 15.9 Å². The van der Waals surface area contributed by atoms with Crippen LogP contribution in [-0.4, -0.2) is 36.7 Å². The van der Waals surface area contributed by atoms with Gasteiger partial charge in [0.1, 0.15) is 0 Å². The minimum absolute atomic E-state index is 0.215. The van der Waals surface area contributed by atoms with Gasteiger partial charge < -0.3 is 15.4 Å². The Morgan fingerprint density at radius 1 is 1.36 bits per heavy atom. The molecule has 2 rings (SSSR count). The van der Waals surface area contributed by atoms with Gasteiger partial charge in [0.05, 0.1) is 13.2 Å². The third kappa shape index (κ3) is 1.85. The van der Waals surface area contributed by atoms with E-state index in [-0.39, 0.29) is 5.96 Å². The first-order valence-electron chi connectivity index (χ1n) is 5.47. The van der Waals surface area contributed by atoms with Gasteiger partial charge in [-0.25, -0.2) is 0 Å². The van der Waals surface area contributed by atoms with Crippen LogP contribution in [0, 0.1) is 11.3 Å². The molecule has 0 aromatic carbocycles. The predicted octanol–water partition coefficient (Wildman–Crippen LogP) is 0.771. The first-order valence-corrected chi connectivity index (χ1v) is 5.47. The summed E-state index contributed by atoms with van der Waals surface area (Å²) in [6.45, 7) is 2.36. The summed E-state index contributed by atoms with van der Waals surface area (Å²) in [7, 11) is 0. The number of ether oxygens (including phenoxy) is 1. The SMILES string of the molecule is N=C(N)N1CCOCC2CCCCC21. The molecule has 2 aliphatic rings. The molecule has 1 aliphatic carbocycles. The molecule has 0 radical (unpaired) electrons. The van der Waals surface area contributed by atoms with E-state index >= 15 is 0 Å². The maximum atomic E-state index is 7.56. The monoisotopic (exact) mass is 197 g/mol. The molecule has 0 bridgehead atoms.